The number of nitrogens with zero attached hydrogens (tertiary/aromatic N) is 1. The van der Waals surface area contributed by atoms with Gasteiger partial charge in [-0.1, -0.05) is 6.07 Å². The van der Waals surface area contributed by atoms with Crippen molar-refractivity contribution in [3.63, 3.8) is 0 Å². The third-order valence-corrected chi connectivity index (χ3v) is 7.02. The zero-order chi connectivity index (χ0) is 20.9. The molecule has 2 saturated heterocycles. The van der Waals surface area contributed by atoms with Crippen LogP contribution in [0.4, 0.5) is 0 Å². The van der Waals surface area contributed by atoms with Crippen molar-refractivity contribution in [2.24, 2.45) is 0 Å². The Kier molecular flexibility index (Phi) is 4.71. The number of amides is 4. The summed E-state index contributed by atoms with van der Waals surface area (Å²) in [6.07, 6.45) is 6.62. The average Bonchev–Trinajstić information content (AvgIpc) is 3.23. The molecule has 1 aromatic carbocycles. The van der Waals surface area contributed by atoms with Crippen LogP contribution in [0.1, 0.15) is 71.2 Å². The van der Waals surface area contributed by atoms with Gasteiger partial charge in [0.05, 0.1) is 11.1 Å². The minimum absolute atomic E-state index is 0.121. The minimum Gasteiger partial charge on any atom is -0.311 e. The Morgan fingerprint density at radius 1 is 1.03 bits per heavy atom. The lowest BCUT2D eigenvalue weighted by Gasteiger charge is -2.39. The molecule has 3 heterocycles. The van der Waals surface area contributed by atoms with E-state index in [-0.39, 0.29) is 18.7 Å². The molecule has 0 aromatic heterocycles. The molecule has 8 nitrogen and oxygen atoms in total. The van der Waals surface area contributed by atoms with Gasteiger partial charge in [0.1, 0.15) is 6.04 Å². The van der Waals surface area contributed by atoms with E-state index in [1.165, 1.54) is 32.1 Å². The number of rotatable bonds is 5. The van der Waals surface area contributed by atoms with E-state index in [4.69, 9.17) is 0 Å². The standard InChI is InChI=1S/C22H26N4O4/c27-18-5-4-17(19(28)24-18)26-20(29)15-3-2-13(10-16(15)21(26)30)11-23-12-14-6-9-22(25-14)7-1-8-22/h2-3,10,14,17,23,25H,1,4-9,11-12H2,(H,24,27,28). The first-order valence-electron chi connectivity index (χ1n) is 10.8. The fourth-order valence-electron chi connectivity index (χ4n) is 5.20. The van der Waals surface area contributed by atoms with E-state index in [1.54, 1.807) is 12.1 Å². The van der Waals surface area contributed by atoms with Crippen LogP contribution < -0.4 is 16.0 Å². The lowest BCUT2D eigenvalue weighted by Crippen LogP contribution is -2.54. The number of piperidine rings is 1. The van der Waals surface area contributed by atoms with Crippen molar-refractivity contribution >= 4 is 23.6 Å². The number of carbonyl (C=O) groups is 4. The zero-order valence-electron chi connectivity index (χ0n) is 16.8. The van der Waals surface area contributed by atoms with E-state index in [2.05, 4.69) is 16.0 Å². The lowest BCUT2D eigenvalue weighted by atomic mass is 9.76. The first-order valence-corrected chi connectivity index (χ1v) is 10.8. The van der Waals surface area contributed by atoms with Crippen molar-refractivity contribution in [1.82, 2.24) is 20.9 Å². The second-order valence-corrected chi connectivity index (χ2v) is 8.97. The highest BCUT2D eigenvalue weighted by Crippen LogP contribution is 2.40. The minimum atomic E-state index is -0.927. The van der Waals surface area contributed by atoms with E-state index in [1.807, 2.05) is 6.07 Å². The summed E-state index contributed by atoms with van der Waals surface area (Å²) in [6, 6.07) is 4.80. The first-order chi connectivity index (χ1) is 14.5. The van der Waals surface area contributed by atoms with Crippen molar-refractivity contribution in [2.75, 3.05) is 6.54 Å². The molecule has 1 aromatic rings. The van der Waals surface area contributed by atoms with Gasteiger partial charge in [0.2, 0.25) is 11.8 Å². The molecular formula is C22H26N4O4. The molecule has 1 aliphatic carbocycles. The van der Waals surface area contributed by atoms with E-state index < -0.39 is 23.8 Å². The van der Waals surface area contributed by atoms with Gasteiger partial charge in [-0.05, 0) is 56.2 Å². The molecular weight excluding hydrogens is 384 g/mol. The molecule has 1 saturated carbocycles. The van der Waals surface area contributed by atoms with Crippen molar-refractivity contribution in [3.8, 4) is 0 Å². The van der Waals surface area contributed by atoms with Gasteiger partial charge >= 0.3 is 0 Å². The molecule has 3 aliphatic heterocycles. The van der Waals surface area contributed by atoms with Crippen LogP contribution in [0.3, 0.4) is 0 Å². The second-order valence-electron chi connectivity index (χ2n) is 8.97. The van der Waals surface area contributed by atoms with Crippen LogP contribution in [0.15, 0.2) is 18.2 Å². The van der Waals surface area contributed by atoms with Gasteiger partial charge in [0.15, 0.2) is 0 Å². The molecule has 0 radical (unpaired) electrons. The fraction of sp³-hybridized carbons (Fsp3) is 0.545. The zero-order valence-corrected chi connectivity index (χ0v) is 16.8. The predicted molar refractivity (Wildman–Crippen MR) is 108 cm³/mol. The van der Waals surface area contributed by atoms with Crippen LogP contribution in [0.2, 0.25) is 0 Å². The monoisotopic (exact) mass is 410 g/mol. The van der Waals surface area contributed by atoms with Gasteiger partial charge in [-0.3, -0.25) is 29.4 Å². The third-order valence-electron chi connectivity index (χ3n) is 7.02. The maximum absolute atomic E-state index is 12.9. The Balaban J connectivity index is 1.22. The Morgan fingerprint density at radius 2 is 1.83 bits per heavy atom. The molecule has 0 bridgehead atoms. The number of nitrogens with one attached hydrogen (secondary N) is 3. The highest BCUT2D eigenvalue weighted by Gasteiger charge is 2.45. The summed E-state index contributed by atoms with van der Waals surface area (Å²) >= 11 is 0. The second kappa shape index (κ2) is 7.28. The maximum Gasteiger partial charge on any atom is 0.262 e. The Morgan fingerprint density at radius 3 is 2.53 bits per heavy atom. The topological polar surface area (TPSA) is 108 Å². The van der Waals surface area contributed by atoms with Gasteiger partial charge in [-0.15, -0.1) is 0 Å². The van der Waals surface area contributed by atoms with E-state index in [9.17, 15) is 19.2 Å². The van der Waals surface area contributed by atoms with Crippen molar-refractivity contribution < 1.29 is 19.2 Å². The lowest BCUT2D eigenvalue weighted by molar-refractivity contribution is -0.136. The Bertz CT molecular complexity index is 939. The van der Waals surface area contributed by atoms with E-state index in [0.717, 1.165) is 17.0 Å². The Labute approximate surface area is 174 Å². The summed E-state index contributed by atoms with van der Waals surface area (Å²) in [5, 5.41) is 9.44. The number of imide groups is 2. The molecule has 1 spiro atoms. The maximum atomic E-state index is 12.9. The normalized spacial score (nSPS) is 27.4. The van der Waals surface area contributed by atoms with Crippen molar-refractivity contribution in [3.05, 3.63) is 34.9 Å². The summed E-state index contributed by atoms with van der Waals surface area (Å²) in [5.41, 5.74) is 1.97. The Hall–Kier alpha value is -2.58. The SMILES string of the molecule is O=C1CCC(N2C(=O)c3ccc(CNCC4CCC5(CCC5)N4)cc3C2=O)C(=O)N1. The molecule has 5 rings (SSSR count). The van der Waals surface area contributed by atoms with E-state index >= 15 is 0 Å². The summed E-state index contributed by atoms with van der Waals surface area (Å²) in [6.45, 7) is 1.48. The smallest absolute Gasteiger partial charge is 0.262 e. The van der Waals surface area contributed by atoms with Crippen LogP contribution in [0, 0.1) is 0 Å². The number of fused-ring (bicyclic) bond motifs is 1. The first kappa shape index (κ1) is 19.4. The number of benzene rings is 1. The fourth-order valence-corrected chi connectivity index (χ4v) is 5.20. The molecule has 4 aliphatic rings. The highest BCUT2D eigenvalue weighted by molar-refractivity contribution is 6.23. The van der Waals surface area contributed by atoms with Crippen molar-refractivity contribution in [2.45, 2.75) is 69.1 Å². The number of carbonyl (C=O) groups excluding carboxylic acids is 4. The molecule has 3 fully saturated rings. The molecule has 3 N–H and O–H groups in total. The molecule has 2 atom stereocenters. The molecule has 2 unspecified atom stereocenters. The van der Waals surface area contributed by atoms with Gasteiger partial charge in [0.25, 0.3) is 11.8 Å². The molecule has 158 valence electrons. The van der Waals surface area contributed by atoms with Crippen LogP contribution in [-0.4, -0.2) is 52.7 Å². The quantitative estimate of drug-likeness (QED) is 0.622. The van der Waals surface area contributed by atoms with Crippen LogP contribution >= 0.6 is 0 Å². The van der Waals surface area contributed by atoms with Crippen molar-refractivity contribution in [1.29, 1.82) is 0 Å². The summed E-state index contributed by atoms with van der Waals surface area (Å²) in [5.74, 6) is -1.89. The predicted octanol–water partition coefficient (Wildman–Crippen LogP) is 0.852. The third kappa shape index (κ3) is 3.24. The van der Waals surface area contributed by atoms with Gasteiger partial charge in [-0.25, -0.2) is 0 Å². The highest BCUT2D eigenvalue weighted by atomic mass is 16.2. The molecule has 30 heavy (non-hydrogen) atoms. The van der Waals surface area contributed by atoms with E-state index in [0.29, 0.717) is 29.3 Å². The number of hydrogen-bond acceptors (Lipinski definition) is 6. The van der Waals surface area contributed by atoms with Crippen LogP contribution in [-0.2, 0) is 16.1 Å². The molecule has 4 amide bonds. The largest absolute Gasteiger partial charge is 0.311 e. The van der Waals surface area contributed by atoms with Crippen LogP contribution in [0.5, 0.6) is 0 Å². The number of hydrogen-bond donors (Lipinski definition) is 3. The van der Waals surface area contributed by atoms with Gasteiger partial charge in [0, 0.05) is 31.1 Å². The van der Waals surface area contributed by atoms with Gasteiger partial charge in [-0.2, -0.15) is 0 Å². The summed E-state index contributed by atoms with van der Waals surface area (Å²) in [7, 11) is 0. The summed E-state index contributed by atoms with van der Waals surface area (Å²) in [4.78, 5) is 50.2. The van der Waals surface area contributed by atoms with Gasteiger partial charge < -0.3 is 10.6 Å². The van der Waals surface area contributed by atoms with Crippen LogP contribution in [0.25, 0.3) is 0 Å². The molecule has 8 heteroatoms. The average molecular weight is 410 g/mol. The summed E-state index contributed by atoms with van der Waals surface area (Å²) < 4.78 is 0.